The Labute approximate surface area is 86.4 Å². The molecule has 3 nitrogen and oxygen atoms in total. The molecule has 0 rings (SSSR count). The molecule has 0 bridgehead atoms. The van der Waals surface area contributed by atoms with Crippen LogP contribution in [0.3, 0.4) is 0 Å². The van der Waals surface area contributed by atoms with E-state index in [1.54, 1.807) is 11.8 Å². The lowest BCUT2D eigenvalue weighted by molar-refractivity contribution is -0.129. The molecule has 0 radical (unpaired) electrons. The molecule has 0 aromatic heterocycles. The third-order valence-electron chi connectivity index (χ3n) is 2.40. The van der Waals surface area contributed by atoms with Crippen molar-refractivity contribution in [3.8, 4) is 0 Å². The van der Waals surface area contributed by atoms with Gasteiger partial charge in [0, 0.05) is 26.1 Å². The molecule has 0 saturated heterocycles. The first-order chi connectivity index (χ1) is 5.99. The number of nitrogens with zero attached hydrogens (tertiary/aromatic N) is 1. The fourth-order valence-corrected chi connectivity index (χ4v) is 1.19. The maximum absolute atomic E-state index is 11.0. The Morgan fingerprint density at radius 2 is 2.00 bits per heavy atom. The summed E-state index contributed by atoms with van der Waals surface area (Å²) in [6.45, 7) is 5.73. The Morgan fingerprint density at radius 3 is 2.38 bits per heavy atom. The monoisotopic (exact) mass is 204 g/mol. The maximum Gasteiger partial charge on any atom is 0.219 e. The van der Waals surface area contributed by atoms with Crippen molar-refractivity contribution >= 4 is 18.7 Å². The predicted octanol–water partition coefficient (Wildman–Crippen LogP) is 1.46. The van der Waals surface area contributed by atoms with Gasteiger partial charge in [-0.15, -0.1) is 0 Å². The number of rotatable bonds is 5. The van der Waals surface area contributed by atoms with Crippen LogP contribution in [0, 0.1) is 0 Å². The lowest BCUT2D eigenvalue weighted by Gasteiger charge is -2.24. The average molecular weight is 204 g/mol. The molecule has 0 aromatic rings. The summed E-state index contributed by atoms with van der Waals surface area (Å²) in [4.78, 5) is 12.8. The van der Waals surface area contributed by atoms with Crippen molar-refractivity contribution in [2.24, 2.45) is 0 Å². The fourth-order valence-electron chi connectivity index (χ4n) is 1.06. The molecule has 0 aliphatic heterocycles. The molecule has 0 fully saturated rings. The van der Waals surface area contributed by atoms with Gasteiger partial charge in [-0.05, 0) is 26.7 Å². The van der Waals surface area contributed by atoms with Crippen LogP contribution in [0.5, 0.6) is 0 Å². The zero-order valence-electron chi connectivity index (χ0n) is 8.87. The number of carbonyl (C=O) groups is 1. The van der Waals surface area contributed by atoms with Gasteiger partial charge in [0.15, 0.2) is 0 Å². The van der Waals surface area contributed by atoms with Gasteiger partial charge in [-0.1, -0.05) is 12.8 Å². The molecule has 0 spiro atoms. The summed E-state index contributed by atoms with van der Waals surface area (Å²) in [5.74, 6) is 0.124. The third-order valence-corrected chi connectivity index (χ3v) is 2.84. The van der Waals surface area contributed by atoms with Crippen molar-refractivity contribution in [1.82, 2.24) is 9.62 Å². The predicted molar refractivity (Wildman–Crippen MR) is 58.7 cm³/mol. The van der Waals surface area contributed by atoms with Crippen molar-refractivity contribution < 1.29 is 4.79 Å². The van der Waals surface area contributed by atoms with Gasteiger partial charge in [-0.3, -0.25) is 9.52 Å². The number of nitrogens with one attached hydrogen (secondary N) is 1. The summed E-state index contributed by atoms with van der Waals surface area (Å²) in [6, 6.07) is 0.702. The summed E-state index contributed by atoms with van der Waals surface area (Å²) in [6.07, 6.45) is 2.03. The van der Waals surface area contributed by atoms with Crippen molar-refractivity contribution in [3.63, 3.8) is 0 Å². The molecule has 4 heteroatoms. The van der Waals surface area contributed by atoms with Gasteiger partial charge in [-0.2, -0.15) is 0 Å². The first kappa shape index (κ1) is 12.8. The third kappa shape index (κ3) is 5.16. The molecular formula is C9H20N2OS. The van der Waals surface area contributed by atoms with Crippen LogP contribution in [0.4, 0.5) is 0 Å². The quantitative estimate of drug-likeness (QED) is 0.665. The molecule has 1 N–H and O–H groups in total. The number of carbonyl (C=O) groups excluding carboxylic acids is 1. The van der Waals surface area contributed by atoms with E-state index < -0.39 is 0 Å². The topological polar surface area (TPSA) is 32.3 Å². The highest BCUT2D eigenvalue weighted by atomic mass is 32.1. The van der Waals surface area contributed by atoms with Crippen molar-refractivity contribution in [2.45, 2.75) is 45.7 Å². The van der Waals surface area contributed by atoms with Gasteiger partial charge in [0.05, 0.1) is 0 Å². The molecule has 0 aromatic carbocycles. The highest BCUT2D eigenvalue weighted by Gasteiger charge is 2.12. The van der Waals surface area contributed by atoms with E-state index in [1.165, 1.54) is 0 Å². The minimum atomic E-state index is 0.124. The van der Waals surface area contributed by atoms with E-state index in [1.807, 2.05) is 7.05 Å². The fraction of sp³-hybridized carbons (Fsp3) is 0.889. The number of hydrogen-bond donors (Lipinski definition) is 2. The Hall–Kier alpha value is -0.220. The Balaban J connectivity index is 3.73. The zero-order chi connectivity index (χ0) is 10.4. The number of amides is 1. The summed E-state index contributed by atoms with van der Waals surface area (Å²) < 4.78 is 2.88. The van der Waals surface area contributed by atoms with Gasteiger partial charge in [-0.25, -0.2) is 0 Å². The van der Waals surface area contributed by atoms with Crippen LogP contribution in [0.2, 0.25) is 0 Å². The van der Waals surface area contributed by atoms with Gasteiger partial charge in [0.25, 0.3) is 0 Å². The van der Waals surface area contributed by atoms with Crippen LogP contribution in [0.1, 0.15) is 33.6 Å². The minimum absolute atomic E-state index is 0.124. The first-order valence-corrected chi connectivity index (χ1v) is 5.06. The Morgan fingerprint density at radius 1 is 1.46 bits per heavy atom. The van der Waals surface area contributed by atoms with E-state index in [9.17, 15) is 4.79 Å². The van der Waals surface area contributed by atoms with Crippen LogP contribution < -0.4 is 4.72 Å². The van der Waals surface area contributed by atoms with Gasteiger partial charge >= 0.3 is 0 Å². The average Bonchev–Trinajstić information content (AvgIpc) is 2.11. The lowest BCUT2D eigenvalue weighted by atomic mass is 10.1. The first-order valence-electron chi connectivity index (χ1n) is 4.62. The second-order valence-corrected chi connectivity index (χ2v) is 3.84. The normalized spacial score (nSPS) is 15.2. The van der Waals surface area contributed by atoms with E-state index in [0.29, 0.717) is 12.1 Å². The molecule has 0 heterocycles. The molecular weight excluding hydrogens is 184 g/mol. The number of hydrogen-bond acceptors (Lipinski definition) is 3. The second kappa shape index (κ2) is 6.27. The molecule has 13 heavy (non-hydrogen) atoms. The highest BCUT2D eigenvalue weighted by Crippen LogP contribution is 2.07. The summed E-state index contributed by atoms with van der Waals surface area (Å²) >= 11 is 3.98. The van der Waals surface area contributed by atoms with Gasteiger partial charge < -0.3 is 4.90 Å². The molecule has 0 aliphatic carbocycles. The summed E-state index contributed by atoms with van der Waals surface area (Å²) in [7, 11) is 1.84. The largest absolute Gasteiger partial charge is 0.343 e. The molecule has 2 unspecified atom stereocenters. The van der Waals surface area contributed by atoms with Gasteiger partial charge in [0.1, 0.15) is 0 Å². The highest BCUT2D eigenvalue weighted by molar-refractivity contribution is 7.78. The Kier molecular flexibility index (Phi) is 6.16. The maximum atomic E-state index is 11.0. The second-order valence-electron chi connectivity index (χ2n) is 3.59. The van der Waals surface area contributed by atoms with E-state index in [2.05, 4.69) is 31.4 Å². The summed E-state index contributed by atoms with van der Waals surface area (Å²) in [5, 5.41) is 0. The molecule has 1 amide bonds. The van der Waals surface area contributed by atoms with Crippen molar-refractivity contribution in [3.05, 3.63) is 0 Å². The molecule has 2 atom stereocenters. The van der Waals surface area contributed by atoms with E-state index in [4.69, 9.17) is 0 Å². The van der Waals surface area contributed by atoms with Gasteiger partial charge in [0.2, 0.25) is 5.91 Å². The van der Waals surface area contributed by atoms with Crippen LogP contribution in [0.25, 0.3) is 0 Å². The van der Waals surface area contributed by atoms with Crippen molar-refractivity contribution in [1.29, 1.82) is 0 Å². The number of thiol groups is 1. The summed E-state index contributed by atoms with van der Waals surface area (Å²) in [5.41, 5.74) is 0. The van der Waals surface area contributed by atoms with E-state index >= 15 is 0 Å². The van der Waals surface area contributed by atoms with E-state index in [-0.39, 0.29) is 5.91 Å². The van der Waals surface area contributed by atoms with E-state index in [0.717, 1.165) is 12.8 Å². The van der Waals surface area contributed by atoms with Crippen LogP contribution in [-0.4, -0.2) is 29.9 Å². The van der Waals surface area contributed by atoms with Crippen molar-refractivity contribution in [2.75, 3.05) is 7.05 Å². The standard InChI is InChI=1S/C9H20N2OS/c1-7(10-13)5-6-8(2)11(4)9(3)12/h7-8,10,13H,5-6H2,1-4H3. The smallest absolute Gasteiger partial charge is 0.219 e. The lowest BCUT2D eigenvalue weighted by Crippen LogP contribution is -2.34. The SMILES string of the molecule is CC(=O)N(C)C(C)CCC(C)NS. The van der Waals surface area contributed by atoms with Crippen LogP contribution >= 0.6 is 12.8 Å². The Bertz CT molecular complexity index is 164. The molecule has 78 valence electrons. The molecule has 0 saturated carbocycles. The van der Waals surface area contributed by atoms with Crippen LogP contribution in [-0.2, 0) is 4.79 Å². The molecule has 0 aliphatic rings. The minimum Gasteiger partial charge on any atom is -0.343 e. The van der Waals surface area contributed by atoms with Crippen LogP contribution in [0.15, 0.2) is 0 Å². The zero-order valence-corrected chi connectivity index (χ0v) is 9.77.